The number of carbonyl (C=O) groups excluding carboxylic acids is 1. The molecule has 186 valence electrons. The Labute approximate surface area is 209 Å². The van der Waals surface area contributed by atoms with Crippen molar-refractivity contribution < 1.29 is 17.9 Å². The molecule has 3 aromatic carbocycles. The number of para-hydroxylation sites is 1. The van der Waals surface area contributed by atoms with Crippen molar-refractivity contribution in [2.45, 2.75) is 51.5 Å². The molecule has 0 aromatic heterocycles. The van der Waals surface area contributed by atoms with E-state index in [1.165, 1.54) is 4.31 Å². The fourth-order valence-corrected chi connectivity index (χ4v) is 5.56. The Morgan fingerprint density at radius 1 is 1.00 bits per heavy atom. The third-order valence-electron chi connectivity index (χ3n) is 6.10. The summed E-state index contributed by atoms with van der Waals surface area (Å²) in [6, 6.07) is 19.5. The summed E-state index contributed by atoms with van der Waals surface area (Å²) in [6.07, 6.45) is 1.30. The molecule has 0 aliphatic carbocycles. The molecule has 0 saturated heterocycles. The number of nitrogens with zero attached hydrogens (tertiary/aromatic N) is 1. The molecule has 0 saturated carbocycles. The molecule has 0 bridgehead atoms. The lowest BCUT2D eigenvalue weighted by Crippen LogP contribution is -2.42. The van der Waals surface area contributed by atoms with Crippen LogP contribution in [0.4, 0.5) is 5.69 Å². The van der Waals surface area contributed by atoms with Gasteiger partial charge in [0.25, 0.3) is 10.0 Å². The highest BCUT2D eigenvalue weighted by molar-refractivity contribution is 7.92. The second kappa shape index (κ2) is 11.4. The van der Waals surface area contributed by atoms with Crippen LogP contribution in [0.1, 0.15) is 48.6 Å². The van der Waals surface area contributed by atoms with E-state index in [1.807, 2.05) is 58.0 Å². The monoisotopic (exact) mass is 494 g/mol. The molecule has 1 N–H and O–H groups in total. The first-order chi connectivity index (χ1) is 16.7. The van der Waals surface area contributed by atoms with Crippen molar-refractivity contribution >= 4 is 21.6 Å². The minimum atomic E-state index is -3.97. The molecule has 1 atom stereocenters. The van der Waals surface area contributed by atoms with Crippen LogP contribution in [0.2, 0.25) is 0 Å². The highest BCUT2D eigenvalue weighted by atomic mass is 32.2. The number of aryl methyl sites for hydroxylation is 3. The van der Waals surface area contributed by atoms with E-state index in [-0.39, 0.29) is 23.4 Å². The molecule has 7 heteroatoms. The van der Waals surface area contributed by atoms with Crippen molar-refractivity contribution in [2.75, 3.05) is 18.0 Å². The Bertz CT molecular complexity index is 1270. The Kier molecular flexibility index (Phi) is 8.57. The summed E-state index contributed by atoms with van der Waals surface area (Å²) >= 11 is 0. The predicted octanol–water partition coefficient (Wildman–Crippen LogP) is 5.34. The number of benzene rings is 3. The van der Waals surface area contributed by atoms with Gasteiger partial charge >= 0.3 is 0 Å². The van der Waals surface area contributed by atoms with E-state index < -0.39 is 10.0 Å². The number of methoxy groups -OCH3 is 1. The molecule has 1 amide bonds. The molecule has 0 fully saturated rings. The molecule has 0 aliphatic rings. The number of rotatable bonds is 10. The average Bonchev–Trinajstić information content (AvgIpc) is 2.86. The minimum absolute atomic E-state index is 0.152. The van der Waals surface area contributed by atoms with E-state index in [1.54, 1.807) is 43.5 Å². The normalized spacial score (nSPS) is 12.1. The average molecular weight is 495 g/mol. The Balaban J connectivity index is 1.94. The van der Waals surface area contributed by atoms with Gasteiger partial charge in [0.1, 0.15) is 12.3 Å². The van der Waals surface area contributed by atoms with Crippen molar-refractivity contribution in [1.82, 2.24) is 5.32 Å². The van der Waals surface area contributed by atoms with E-state index >= 15 is 0 Å². The van der Waals surface area contributed by atoms with E-state index in [0.29, 0.717) is 18.5 Å². The highest BCUT2D eigenvalue weighted by Crippen LogP contribution is 2.28. The van der Waals surface area contributed by atoms with Crippen LogP contribution in [-0.2, 0) is 21.2 Å². The fourth-order valence-electron chi connectivity index (χ4n) is 4.10. The number of amides is 1. The summed E-state index contributed by atoms with van der Waals surface area (Å²) in [6.45, 7) is 7.49. The van der Waals surface area contributed by atoms with Gasteiger partial charge in [0.15, 0.2) is 0 Å². The predicted molar refractivity (Wildman–Crippen MR) is 140 cm³/mol. The second-order valence-corrected chi connectivity index (χ2v) is 10.4. The van der Waals surface area contributed by atoms with Crippen LogP contribution >= 0.6 is 0 Å². The van der Waals surface area contributed by atoms with Crippen molar-refractivity contribution in [3.63, 3.8) is 0 Å². The van der Waals surface area contributed by atoms with Crippen molar-refractivity contribution in [1.29, 1.82) is 0 Å². The van der Waals surface area contributed by atoms with Crippen molar-refractivity contribution in [3.8, 4) is 5.75 Å². The van der Waals surface area contributed by atoms with Gasteiger partial charge < -0.3 is 10.1 Å². The number of ether oxygens (including phenoxy) is 1. The van der Waals surface area contributed by atoms with Gasteiger partial charge in [-0.1, -0.05) is 61.9 Å². The summed E-state index contributed by atoms with van der Waals surface area (Å²) in [7, 11) is -2.34. The number of nitrogens with one attached hydrogen (secondary N) is 1. The maximum Gasteiger partial charge on any atom is 0.264 e. The number of sulfonamides is 1. The van der Waals surface area contributed by atoms with E-state index in [2.05, 4.69) is 5.32 Å². The first-order valence-electron chi connectivity index (χ1n) is 11.8. The zero-order valence-electron chi connectivity index (χ0n) is 21.0. The van der Waals surface area contributed by atoms with Crippen LogP contribution in [0.5, 0.6) is 5.75 Å². The molecule has 3 rings (SSSR count). The smallest absolute Gasteiger partial charge is 0.264 e. The van der Waals surface area contributed by atoms with Crippen molar-refractivity contribution in [3.05, 3.63) is 89.0 Å². The molecule has 35 heavy (non-hydrogen) atoms. The molecule has 3 aromatic rings. The van der Waals surface area contributed by atoms with E-state index in [9.17, 15) is 13.2 Å². The van der Waals surface area contributed by atoms with E-state index in [4.69, 9.17) is 4.74 Å². The van der Waals surface area contributed by atoms with Crippen LogP contribution in [0.15, 0.2) is 71.6 Å². The zero-order valence-corrected chi connectivity index (χ0v) is 21.9. The lowest BCUT2D eigenvalue weighted by atomic mass is 10.0. The molecular weight excluding hydrogens is 460 g/mol. The zero-order chi connectivity index (χ0) is 25.6. The van der Waals surface area contributed by atoms with Crippen LogP contribution in [0.25, 0.3) is 0 Å². The maximum absolute atomic E-state index is 13.7. The fraction of sp³-hybridized carbons (Fsp3) is 0.321. The minimum Gasteiger partial charge on any atom is -0.496 e. The van der Waals surface area contributed by atoms with Crippen LogP contribution < -0.4 is 14.4 Å². The molecule has 6 nitrogen and oxygen atoms in total. The van der Waals surface area contributed by atoms with Crippen LogP contribution in [-0.4, -0.2) is 28.0 Å². The van der Waals surface area contributed by atoms with Gasteiger partial charge in [-0.05, 0) is 67.6 Å². The van der Waals surface area contributed by atoms with Gasteiger partial charge in [-0.2, -0.15) is 0 Å². The summed E-state index contributed by atoms with van der Waals surface area (Å²) in [5, 5.41) is 3.03. The van der Waals surface area contributed by atoms with Gasteiger partial charge in [-0.3, -0.25) is 9.10 Å². The standard InChI is InChI=1S/C28H34N2O4S/c1-6-22-10-8-9-11-26(22)30(35(32,33)24-15-12-20(3)13-16-24)19-28(31)29-25(7-2)23-14-17-27(34-5)21(4)18-23/h8-18,25H,6-7,19H2,1-5H3,(H,29,31)/t25-/m0/s1. The van der Waals surface area contributed by atoms with Gasteiger partial charge in [-0.25, -0.2) is 8.42 Å². The maximum atomic E-state index is 13.7. The molecule has 0 aliphatic heterocycles. The first kappa shape index (κ1) is 26.3. The summed E-state index contributed by atoms with van der Waals surface area (Å²) < 4.78 is 34.0. The number of hydrogen-bond acceptors (Lipinski definition) is 4. The first-order valence-corrected chi connectivity index (χ1v) is 13.3. The largest absolute Gasteiger partial charge is 0.496 e. The third kappa shape index (κ3) is 6.03. The van der Waals surface area contributed by atoms with Gasteiger partial charge in [-0.15, -0.1) is 0 Å². The third-order valence-corrected chi connectivity index (χ3v) is 7.88. The van der Waals surface area contributed by atoms with Crippen LogP contribution in [0, 0.1) is 13.8 Å². The molecular formula is C28H34N2O4S. The van der Waals surface area contributed by atoms with E-state index in [0.717, 1.165) is 28.0 Å². The van der Waals surface area contributed by atoms with Gasteiger partial charge in [0, 0.05) is 0 Å². The summed E-state index contributed by atoms with van der Waals surface area (Å²) in [4.78, 5) is 13.4. The number of anilines is 1. The van der Waals surface area contributed by atoms with Crippen molar-refractivity contribution in [2.24, 2.45) is 0 Å². The molecule has 0 heterocycles. The molecule has 0 spiro atoms. The summed E-state index contributed by atoms with van der Waals surface area (Å²) in [5.41, 5.74) is 4.25. The number of carbonyl (C=O) groups is 1. The number of hydrogen-bond donors (Lipinski definition) is 1. The molecule has 0 radical (unpaired) electrons. The van der Waals surface area contributed by atoms with Gasteiger partial charge in [0.05, 0.1) is 23.7 Å². The quantitative estimate of drug-likeness (QED) is 0.413. The second-order valence-electron chi connectivity index (χ2n) is 8.56. The Morgan fingerprint density at radius 3 is 2.29 bits per heavy atom. The Hall–Kier alpha value is -3.32. The van der Waals surface area contributed by atoms with Gasteiger partial charge in [0.2, 0.25) is 5.91 Å². The highest BCUT2D eigenvalue weighted by Gasteiger charge is 2.29. The lowest BCUT2D eigenvalue weighted by molar-refractivity contribution is -0.120. The Morgan fingerprint density at radius 2 is 1.69 bits per heavy atom. The van der Waals surface area contributed by atoms with Crippen LogP contribution in [0.3, 0.4) is 0 Å². The SMILES string of the molecule is CCc1ccccc1N(CC(=O)N[C@@H](CC)c1ccc(OC)c(C)c1)S(=O)(=O)c1ccc(C)cc1. The lowest BCUT2D eigenvalue weighted by Gasteiger charge is -2.27. The molecule has 0 unspecified atom stereocenters. The topological polar surface area (TPSA) is 75.7 Å². The summed E-state index contributed by atoms with van der Waals surface area (Å²) in [5.74, 6) is 0.411.